The summed E-state index contributed by atoms with van der Waals surface area (Å²) in [5.74, 6) is 0.875. The van der Waals surface area contributed by atoms with Crippen molar-refractivity contribution in [1.29, 1.82) is 0 Å². The average Bonchev–Trinajstić information content (AvgIpc) is 2.47. The Morgan fingerprint density at radius 2 is 1.47 bits per heavy atom. The van der Waals surface area contributed by atoms with Gasteiger partial charge in [-0.15, -0.1) is 0 Å². The number of hydrogen-bond donors (Lipinski definition) is 0. The van der Waals surface area contributed by atoms with Gasteiger partial charge in [-0.3, -0.25) is 0 Å². The summed E-state index contributed by atoms with van der Waals surface area (Å²) in [6.45, 7) is 5.75. The first-order chi connectivity index (χ1) is 7.36. The van der Waals surface area contributed by atoms with Crippen LogP contribution in [0.1, 0.15) is 52.4 Å². The topological polar surface area (TPSA) is 18.5 Å². The Morgan fingerprint density at radius 1 is 0.933 bits per heavy atom. The zero-order valence-electron chi connectivity index (χ0n) is 10.3. The monoisotopic (exact) mass is 229 g/mol. The second-order valence-corrected chi connectivity index (χ2v) is 6.03. The highest BCUT2D eigenvalue weighted by molar-refractivity contribution is 6.44. The minimum Gasteiger partial charge on any atom is -0.394 e. The second-order valence-electron chi connectivity index (χ2n) is 4.30. The largest absolute Gasteiger partial charge is 0.394 e. The summed E-state index contributed by atoms with van der Waals surface area (Å²) in [6, 6.07) is 1.20. The van der Waals surface area contributed by atoms with Crippen molar-refractivity contribution in [3.05, 3.63) is 0 Å². The molecule has 2 nitrogen and oxygen atoms in total. The summed E-state index contributed by atoms with van der Waals surface area (Å²) < 4.78 is 11.4. The summed E-state index contributed by atoms with van der Waals surface area (Å²) >= 11 is 0. The van der Waals surface area contributed by atoms with E-state index in [1.807, 2.05) is 0 Å². The molecule has 0 spiro atoms. The van der Waals surface area contributed by atoms with Crippen LogP contribution in [-0.4, -0.2) is 22.5 Å². The molecule has 1 aliphatic rings. The van der Waals surface area contributed by atoms with Gasteiger partial charge >= 0.3 is 9.28 Å². The van der Waals surface area contributed by atoms with Gasteiger partial charge in [-0.2, -0.15) is 0 Å². The molecule has 0 aromatic heterocycles. The molecule has 0 aliphatic heterocycles. The van der Waals surface area contributed by atoms with Crippen molar-refractivity contribution in [3.63, 3.8) is 0 Å². The molecule has 0 heterocycles. The molecule has 0 unspecified atom stereocenters. The standard InChI is InChI=1S/C12H25O2Si/c1-3-13-15(14-4-2)11-12-9-7-5-6-8-10-12/h12H,3-11H2,1-2H3. The van der Waals surface area contributed by atoms with Crippen LogP contribution in [0.2, 0.25) is 6.04 Å². The van der Waals surface area contributed by atoms with E-state index in [9.17, 15) is 0 Å². The first-order valence-electron chi connectivity index (χ1n) is 6.48. The van der Waals surface area contributed by atoms with Crippen LogP contribution in [0.4, 0.5) is 0 Å². The quantitative estimate of drug-likeness (QED) is 0.512. The van der Waals surface area contributed by atoms with Crippen LogP contribution < -0.4 is 0 Å². The predicted octanol–water partition coefficient (Wildman–Crippen LogP) is 3.52. The van der Waals surface area contributed by atoms with Crippen LogP contribution in [0.3, 0.4) is 0 Å². The van der Waals surface area contributed by atoms with E-state index in [1.54, 1.807) is 0 Å². The van der Waals surface area contributed by atoms with Crippen molar-refractivity contribution >= 4 is 9.28 Å². The molecule has 1 radical (unpaired) electrons. The van der Waals surface area contributed by atoms with Gasteiger partial charge in [0.15, 0.2) is 0 Å². The summed E-state index contributed by atoms with van der Waals surface area (Å²) in [5.41, 5.74) is 0. The van der Waals surface area contributed by atoms with Crippen LogP contribution in [-0.2, 0) is 8.85 Å². The molecular weight excluding hydrogens is 204 g/mol. The summed E-state index contributed by atoms with van der Waals surface area (Å²) in [6.07, 6.45) is 8.49. The highest BCUT2D eigenvalue weighted by Crippen LogP contribution is 2.27. The fourth-order valence-electron chi connectivity index (χ4n) is 2.29. The van der Waals surface area contributed by atoms with Gasteiger partial charge in [-0.25, -0.2) is 0 Å². The van der Waals surface area contributed by atoms with Crippen molar-refractivity contribution in [1.82, 2.24) is 0 Å². The van der Waals surface area contributed by atoms with E-state index in [4.69, 9.17) is 8.85 Å². The molecule has 0 aromatic rings. The smallest absolute Gasteiger partial charge is 0.384 e. The van der Waals surface area contributed by atoms with Crippen molar-refractivity contribution in [2.24, 2.45) is 5.92 Å². The van der Waals surface area contributed by atoms with Gasteiger partial charge in [0.05, 0.1) is 0 Å². The molecule has 0 saturated heterocycles. The Balaban J connectivity index is 2.27. The zero-order chi connectivity index (χ0) is 10.9. The fraction of sp³-hybridized carbons (Fsp3) is 1.00. The molecule has 3 heteroatoms. The van der Waals surface area contributed by atoms with E-state index >= 15 is 0 Å². The first kappa shape index (κ1) is 13.2. The SMILES string of the molecule is CCO[Si](CC1CCCCCC1)OCC. The van der Waals surface area contributed by atoms with E-state index < -0.39 is 9.28 Å². The Morgan fingerprint density at radius 3 is 1.93 bits per heavy atom. The zero-order valence-corrected chi connectivity index (χ0v) is 11.3. The minimum atomic E-state index is -0.961. The van der Waals surface area contributed by atoms with E-state index in [0.717, 1.165) is 19.1 Å². The molecule has 1 rings (SSSR count). The lowest BCUT2D eigenvalue weighted by Crippen LogP contribution is -2.25. The Bertz CT molecular complexity index is 139. The maximum Gasteiger partial charge on any atom is 0.384 e. The van der Waals surface area contributed by atoms with E-state index in [2.05, 4.69) is 13.8 Å². The van der Waals surface area contributed by atoms with Gasteiger partial charge in [0.1, 0.15) is 0 Å². The second kappa shape index (κ2) is 8.31. The molecule has 0 bridgehead atoms. The van der Waals surface area contributed by atoms with Crippen LogP contribution in [0, 0.1) is 5.92 Å². The van der Waals surface area contributed by atoms with Gasteiger partial charge in [-0.1, -0.05) is 38.5 Å². The number of rotatable bonds is 6. The Kier molecular flexibility index (Phi) is 7.31. The normalized spacial score (nSPS) is 19.4. The highest BCUT2D eigenvalue weighted by Gasteiger charge is 2.22. The van der Waals surface area contributed by atoms with Crippen molar-refractivity contribution < 1.29 is 8.85 Å². The molecule has 0 atom stereocenters. The summed E-state index contributed by atoms with van der Waals surface area (Å²) in [5, 5.41) is 0. The highest BCUT2D eigenvalue weighted by atomic mass is 28.3. The maximum absolute atomic E-state index is 5.71. The molecule has 89 valence electrons. The maximum atomic E-state index is 5.71. The minimum absolute atomic E-state index is 0.807. The molecule has 15 heavy (non-hydrogen) atoms. The summed E-state index contributed by atoms with van der Waals surface area (Å²) in [4.78, 5) is 0. The lowest BCUT2D eigenvalue weighted by Gasteiger charge is -2.19. The van der Waals surface area contributed by atoms with Gasteiger partial charge < -0.3 is 8.85 Å². The van der Waals surface area contributed by atoms with Crippen molar-refractivity contribution in [2.75, 3.05) is 13.2 Å². The number of hydrogen-bond acceptors (Lipinski definition) is 2. The van der Waals surface area contributed by atoms with Crippen molar-refractivity contribution in [2.45, 2.75) is 58.4 Å². The van der Waals surface area contributed by atoms with Gasteiger partial charge in [0, 0.05) is 13.2 Å². The molecule has 0 N–H and O–H groups in total. The third-order valence-electron chi connectivity index (χ3n) is 3.04. The third kappa shape index (κ3) is 5.69. The van der Waals surface area contributed by atoms with Crippen LogP contribution in [0.25, 0.3) is 0 Å². The molecule has 1 fully saturated rings. The molecular formula is C12H25O2Si. The Labute approximate surface area is 96.2 Å². The summed E-state index contributed by atoms with van der Waals surface area (Å²) in [7, 11) is -0.961. The molecule has 1 aliphatic carbocycles. The van der Waals surface area contributed by atoms with E-state index in [1.165, 1.54) is 44.6 Å². The predicted molar refractivity (Wildman–Crippen MR) is 65.0 cm³/mol. The lowest BCUT2D eigenvalue weighted by atomic mass is 10.0. The van der Waals surface area contributed by atoms with Crippen LogP contribution >= 0.6 is 0 Å². The Hall–Kier alpha value is 0.137. The molecule has 0 aromatic carbocycles. The van der Waals surface area contributed by atoms with Crippen LogP contribution in [0.5, 0.6) is 0 Å². The third-order valence-corrected chi connectivity index (χ3v) is 5.17. The molecule has 0 amide bonds. The average molecular weight is 229 g/mol. The van der Waals surface area contributed by atoms with Gasteiger partial charge in [0.25, 0.3) is 0 Å². The fourth-order valence-corrected chi connectivity index (χ4v) is 4.13. The van der Waals surface area contributed by atoms with Crippen molar-refractivity contribution in [3.8, 4) is 0 Å². The van der Waals surface area contributed by atoms with E-state index in [-0.39, 0.29) is 0 Å². The van der Waals surface area contributed by atoms with E-state index in [0.29, 0.717) is 0 Å². The van der Waals surface area contributed by atoms with Gasteiger partial charge in [0.2, 0.25) is 0 Å². The lowest BCUT2D eigenvalue weighted by molar-refractivity contribution is 0.206. The molecule has 1 saturated carbocycles. The van der Waals surface area contributed by atoms with Gasteiger partial charge in [-0.05, 0) is 25.8 Å². The van der Waals surface area contributed by atoms with Crippen LogP contribution in [0.15, 0.2) is 0 Å². The first-order valence-corrected chi connectivity index (χ1v) is 8.00.